The number of alkyl carbamates (subject to hydrolysis) is 1. The molecule has 6 rings (SSSR count). The summed E-state index contributed by atoms with van der Waals surface area (Å²) in [6.07, 6.45) is 6.42. The molecular weight excluding hydrogens is 522 g/mol. The molecule has 0 radical (unpaired) electrons. The molecule has 224 valence electrons. The summed E-state index contributed by atoms with van der Waals surface area (Å²) in [7, 11) is 0. The molecule has 3 aromatic rings. The van der Waals surface area contributed by atoms with E-state index in [0.29, 0.717) is 18.1 Å². The molecule has 2 saturated heterocycles. The summed E-state index contributed by atoms with van der Waals surface area (Å²) in [4.78, 5) is 23.1. The Bertz CT molecular complexity index is 1330. The minimum Gasteiger partial charge on any atom is -0.444 e. The van der Waals surface area contributed by atoms with E-state index in [-0.39, 0.29) is 12.1 Å². The highest BCUT2D eigenvalue weighted by molar-refractivity contribution is 5.68. The topological polar surface area (TPSA) is 62.6 Å². The lowest BCUT2D eigenvalue weighted by atomic mass is 9.95. The standard InChI is InChI=1S/C35H47N5O2/c1-25-36-32-17-19-38(23-26-11-7-5-8-12-26)24-33(32)40(25)30-21-28-15-16-29(22-30)39(28)20-18-31(27-13-9-6-10-14-27)37-34(41)42-35(2,3)4/h5-14,28-31H,15-24H2,1-4H3,(H,37,41)/t28?,29?,30?,31-/m0/s1. The number of nitrogens with one attached hydrogen (secondary N) is 1. The molecule has 42 heavy (non-hydrogen) atoms. The first-order valence-corrected chi connectivity index (χ1v) is 15.9. The van der Waals surface area contributed by atoms with Crippen LogP contribution >= 0.6 is 0 Å². The van der Waals surface area contributed by atoms with Crippen molar-refractivity contribution in [3.63, 3.8) is 0 Å². The van der Waals surface area contributed by atoms with E-state index in [0.717, 1.165) is 44.6 Å². The van der Waals surface area contributed by atoms with Gasteiger partial charge < -0.3 is 14.6 Å². The Balaban J connectivity index is 1.12. The summed E-state index contributed by atoms with van der Waals surface area (Å²) in [5.41, 5.74) is 4.75. The number of aryl methyl sites for hydroxylation is 1. The van der Waals surface area contributed by atoms with Gasteiger partial charge in [0.1, 0.15) is 11.4 Å². The highest BCUT2D eigenvalue weighted by Gasteiger charge is 2.42. The van der Waals surface area contributed by atoms with E-state index < -0.39 is 5.60 Å². The molecule has 0 aliphatic carbocycles. The Labute approximate surface area is 251 Å². The molecule has 0 spiro atoms. The van der Waals surface area contributed by atoms with Gasteiger partial charge in [-0.1, -0.05) is 60.7 Å². The number of hydrogen-bond acceptors (Lipinski definition) is 5. The van der Waals surface area contributed by atoms with Crippen LogP contribution in [0.25, 0.3) is 0 Å². The Morgan fingerprint density at radius 2 is 1.67 bits per heavy atom. The zero-order chi connectivity index (χ0) is 29.3. The molecule has 4 heterocycles. The largest absolute Gasteiger partial charge is 0.444 e. The molecule has 1 amide bonds. The normalized spacial score (nSPS) is 23.4. The maximum absolute atomic E-state index is 12.7. The predicted octanol–water partition coefficient (Wildman–Crippen LogP) is 6.57. The molecule has 2 bridgehead atoms. The van der Waals surface area contributed by atoms with Crippen molar-refractivity contribution in [1.29, 1.82) is 0 Å². The number of imidazole rings is 1. The van der Waals surface area contributed by atoms with E-state index in [9.17, 15) is 4.79 Å². The third-order valence-electron chi connectivity index (χ3n) is 9.35. The zero-order valence-corrected chi connectivity index (χ0v) is 25.8. The van der Waals surface area contributed by atoms with Crippen LogP contribution in [0.2, 0.25) is 0 Å². The number of hydrogen-bond donors (Lipinski definition) is 1. The minimum atomic E-state index is -0.518. The Kier molecular flexibility index (Phi) is 8.42. The molecule has 1 aromatic heterocycles. The first-order valence-electron chi connectivity index (χ1n) is 15.9. The van der Waals surface area contributed by atoms with Crippen molar-refractivity contribution >= 4 is 6.09 Å². The van der Waals surface area contributed by atoms with Crippen LogP contribution in [0.1, 0.15) is 93.3 Å². The van der Waals surface area contributed by atoms with Crippen LogP contribution in [0, 0.1) is 6.92 Å². The average molecular weight is 570 g/mol. The van der Waals surface area contributed by atoms with Crippen LogP contribution in [0.3, 0.4) is 0 Å². The number of nitrogens with zero attached hydrogens (tertiary/aromatic N) is 4. The Morgan fingerprint density at radius 3 is 2.33 bits per heavy atom. The fraction of sp³-hybridized carbons (Fsp3) is 0.543. The summed E-state index contributed by atoms with van der Waals surface area (Å²) in [6.45, 7) is 12.0. The van der Waals surface area contributed by atoms with Gasteiger partial charge in [-0.2, -0.15) is 0 Å². The van der Waals surface area contributed by atoms with Gasteiger partial charge in [0, 0.05) is 50.7 Å². The highest BCUT2D eigenvalue weighted by atomic mass is 16.6. The molecule has 3 aliphatic rings. The van der Waals surface area contributed by atoms with E-state index in [1.54, 1.807) is 0 Å². The number of ether oxygens (including phenoxy) is 1. The van der Waals surface area contributed by atoms with Crippen molar-refractivity contribution in [3.8, 4) is 0 Å². The van der Waals surface area contributed by atoms with Gasteiger partial charge >= 0.3 is 6.09 Å². The number of aromatic nitrogens is 2. The van der Waals surface area contributed by atoms with Gasteiger partial charge in [0.25, 0.3) is 0 Å². The van der Waals surface area contributed by atoms with Crippen molar-refractivity contribution in [3.05, 3.63) is 89.0 Å². The van der Waals surface area contributed by atoms with Gasteiger partial charge in [0.15, 0.2) is 0 Å². The van der Waals surface area contributed by atoms with Crippen LogP contribution in [-0.4, -0.2) is 56.2 Å². The van der Waals surface area contributed by atoms with Crippen LogP contribution < -0.4 is 5.32 Å². The number of fused-ring (bicyclic) bond motifs is 3. The molecular formula is C35H47N5O2. The van der Waals surface area contributed by atoms with Gasteiger partial charge in [-0.05, 0) is 70.9 Å². The number of benzene rings is 2. The SMILES string of the molecule is Cc1nc2c(n1C1CC3CCC(C1)N3CC[C@H](NC(=O)OC(C)(C)C)c1ccccc1)CN(Cc1ccccc1)CC2. The Hall–Kier alpha value is -3.16. The van der Waals surface area contributed by atoms with E-state index in [2.05, 4.69) is 69.1 Å². The molecule has 2 aromatic carbocycles. The maximum Gasteiger partial charge on any atom is 0.408 e. The minimum absolute atomic E-state index is 0.0725. The molecule has 0 saturated carbocycles. The van der Waals surface area contributed by atoms with E-state index >= 15 is 0 Å². The number of piperidine rings is 1. The lowest BCUT2D eigenvalue weighted by Gasteiger charge is -2.41. The summed E-state index contributed by atoms with van der Waals surface area (Å²) in [5.74, 6) is 1.19. The monoisotopic (exact) mass is 569 g/mol. The molecule has 2 unspecified atom stereocenters. The average Bonchev–Trinajstić information content (AvgIpc) is 3.41. The lowest BCUT2D eigenvalue weighted by molar-refractivity contribution is 0.0488. The fourth-order valence-electron chi connectivity index (χ4n) is 7.59. The third kappa shape index (κ3) is 6.57. The van der Waals surface area contributed by atoms with Crippen molar-refractivity contribution in [1.82, 2.24) is 24.7 Å². The van der Waals surface area contributed by atoms with Gasteiger partial charge in [-0.3, -0.25) is 9.80 Å². The number of amides is 1. The van der Waals surface area contributed by atoms with E-state index in [1.165, 1.54) is 48.5 Å². The quantitative estimate of drug-likeness (QED) is 0.332. The van der Waals surface area contributed by atoms with Crippen molar-refractivity contribution in [2.75, 3.05) is 13.1 Å². The van der Waals surface area contributed by atoms with Crippen molar-refractivity contribution in [2.24, 2.45) is 0 Å². The predicted molar refractivity (Wildman–Crippen MR) is 166 cm³/mol. The first-order chi connectivity index (χ1) is 20.2. The summed E-state index contributed by atoms with van der Waals surface area (Å²) >= 11 is 0. The van der Waals surface area contributed by atoms with Crippen LogP contribution in [-0.2, 0) is 24.2 Å². The van der Waals surface area contributed by atoms with Crippen molar-refractivity contribution in [2.45, 2.75) is 109 Å². The number of carbonyl (C=O) groups excluding carboxylic acids is 1. The summed E-state index contributed by atoms with van der Waals surface area (Å²) < 4.78 is 8.23. The van der Waals surface area contributed by atoms with Crippen LogP contribution in [0.4, 0.5) is 4.79 Å². The summed E-state index contributed by atoms with van der Waals surface area (Å²) in [6, 6.07) is 22.8. The van der Waals surface area contributed by atoms with E-state index in [1.807, 2.05) is 39.0 Å². The van der Waals surface area contributed by atoms with Gasteiger partial charge in [-0.25, -0.2) is 9.78 Å². The number of rotatable bonds is 8. The molecule has 7 nitrogen and oxygen atoms in total. The second kappa shape index (κ2) is 12.2. The van der Waals surface area contributed by atoms with Crippen molar-refractivity contribution < 1.29 is 9.53 Å². The zero-order valence-electron chi connectivity index (χ0n) is 25.8. The first kappa shape index (κ1) is 28.9. The maximum atomic E-state index is 12.7. The fourth-order valence-corrected chi connectivity index (χ4v) is 7.59. The lowest BCUT2D eigenvalue weighted by Crippen LogP contribution is -2.45. The molecule has 2 fully saturated rings. The summed E-state index contributed by atoms with van der Waals surface area (Å²) in [5, 5.41) is 3.17. The number of carbonyl (C=O) groups is 1. The second-order valence-electron chi connectivity index (χ2n) is 13.5. The molecule has 3 aliphatic heterocycles. The van der Waals surface area contributed by atoms with Crippen LogP contribution in [0.15, 0.2) is 60.7 Å². The van der Waals surface area contributed by atoms with Gasteiger partial charge in [0.05, 0.1) is 17.4 Å². The smallest absolute Gasteiger partial charge is 0.408 e. The molecule has 3 atom stereocenters. The Morgan fingerprint density at radius 1 is 1.00 bits per heavy atom. The molecule has 1 N–H and O–H groups in total. The third-order valence-corrected chi connectivity index (χ3v) is 9.35. The van der Waals surface area contributed by atoms with Crippen LogP contribution in [0.5, 0.6) is 0 Å². The van der Waals surface area contributed by atoms with Gasteiger partial charge in [0.2, 0.25) is 0 Å². The van der Waals surface area contributed by atoms with E-state index in [4.69, 9.17) is 9.72 Å². The highest BCUT2D eigenvalue weighted by Crippen LogP contribution is 2.43. The van der Waals surface area contributed by atoms with Gasteiger partial charge in [-0.15, -0.1) is 0 Å². The second-order valence-corrected chi connectivity index (χ2v) is 13.5. The molecule has 7 heteroatoms.